The minimum absolute atomic E-state index is 0.116. The summed E-state index contributed by atoms with van der Waals surface area (Å²) in [5, 5.41) is 4.29. The summed E-state index contributed by atoms with van der Waals surface area (Å²) < 4.78 is 0. The van der Waals surface area contributed by atoms with Gasteiger partial charge in [0.05, 0.1) is 5.56 Å². The second kappa shape index (κ2) is 5.02. The Balaban J connectivity index is 1.86. The van der Waals surface area contributed by atoms with E-state index < -0.39 is 0 Å². The highest BCUT2D eigenvalue weighted by Gasteiger charge is 2.45. The van der Waals surface area contributed by atoms with Crippen LogP contribution in [0.4, 0.5) is 0 Å². The van der Waals surface area contributed by atoms with Crippen molar-refractivity contribution in [2.75, 3.05) is 6.54 Å². The molecule has 1 aromatic carbocycles. The van der Waals surface area contributed by atoms with E-state index >= 15 is 0 Å². The minimum atomic E-state index is -0.164. The van der Waals surface area contributed by atoms with Crippen LogP contribution in [-0.4, -0.2) is 17.4 Å². The molecule has 21 heavy (non-hydrogen) atoms. The number of rotatable bonds is 4. The van der Waals surface area contributed by atoms with Crippen LogP contribution in [0.1, 0.15) is 37.0 Å². The lowest BCUT2D eigenvalue weighted by molar-refractivity contribution is 0.0941. The average Bonchev–Trinajstić information content (AvgIpc) is 3.27. The summed E-state index contributed by atoms with van der Waals surface area (Å²) in [6.45, 7) is 5.11. The lowest BCUT2D eigenvalue weighted by Crippen LogP contribution is -2.33. The van der Waals surface area contributed by atoms with Gasteiger partial charge >= 0.3 is 0 Å². The van der Waals surface area contributed by atoms with Crippen molar-refractivity contribution in [2.24, 2.45) is 11.3 Å². The van der Waals surface area contributed by atoms with E-state index in [1.165, 1.54) is 19.0 Å². The lowest BCUT2D eigenvalue weighted by atomic mass is 9.92. The summed E-state index contributed by atoms with van der Waals surface area (Å²) >= 11 is 0. The van der Waals surface area contributed by atoms with Gasteiger partial charge in [0.1, 0.15) is 0 Å². The van der Waals surface area contributed by atoms with E-state index in [-0.39, 0.29) is 16.9 Å². The fourth-order valence-electron chi connectivity index (χ4n) is 2.87. The molecule has 1 fully saturated rings. The third-order valence-electron chi connectivity index (χ3n) is 4.77. The number of H-pyrrole nitrogens is 1. The summed E-state index contributed by atoms with van der Waals surface area (Å²) in [7, 11) is 0. The summed E-state index contributed by atoms with van der Waals surface area (Å²) in [6, 6.07) is 7.20. The predicted molar refractivity (Wildman–Crippen MR) is 83.4 cm³/mol. The summed E-state index contributed by atoms with van der Waals surface area (Å²) in [5.74, 6) is 0.458. The number of aromatic amines is 1. The molecule has 110 valence electrons. The Morgan fingerprint density at radius 3 is 2.57 bits per heavy atom. The third kappa shape index (κ3) is 2.46. The molecule has 0 spiro atoms. The second-order valence-corrected chi connectivity index (χ2v) is 6.28. The Labute approximate surface area is 123 Å². The molecule has 1 aromatic heterocycles. The molecule has 0 saturated heterocycles. The van der Waals surface area contributed by atoms with Crippen molar-refractivity contribution >= 4 is 16.7 Å². The molecule has 0 aliphatic heterocycles. The first-order valence-electron chi connectivity index (χ1n) is 7.42. The zero-order valence-corrected chi connectivity index (χ0v) is 12.4. The molecule has 1 amide bonds. The number of fused-ring (bicyclic) bond motifs is 1. The first-order chi connectivity index (χ1) is 10.0. The van der Waals surface area contributed by atoms with E-state index in [4.69, 9.17) is 0 Å². The summed E-state index contributed by atoms with van der Waals surface area (Å²) in [4.78, 5) is 26.9. The molecular weight excluding hydrogens is 264 g/mol. The number of hydrogen-bond acceptors (Lipinski definition) is 2. The van der Waals surface area contributed by atoms with Crippen molar-refractivity contribution in [2.45, 2.75) is 26.7 Å². The number of amides is 1. The fraction of sp³-hybridized carbons (Fsp3) is 0.412. The van der Waals surface area contributed by atoms with Crippen molar-refractivity contribution in [1.82, 2.24) is 10.3 Å². The molecule has 1 saturated carbocycles. The number of pyridine rings is 1. The number of hydrogen-bond donors (Lipinski definition) is 2. The van der Waals surface area contributed by atoms with E-state index in [9.17, 15) is 9.59 Å². The summed E-state index contributed by atoms with van der Waals surface area (Å²) in [6.07, 6.45) is 3.86. The zero-order valence-electron chi connectivity index (χ0n) is 12.4. The molecule has 2 N–H and O–H groups in total. The fourth-order valence-corrected chi connectivity index (χ4v) is 2.87. The molecule has 1 aliphatic rings. The minimum Gasteiger partial charge on any atom is -0.351 e. The molecule has 0 atom stereocenters. The van der Waals surface area contributed by atoms with Crippen LogP contribution in [0.2, 0.25) is 0 Å². The summed E-state index contributed by atoms with van der Waals surface area (Å²) in [5.41, 5.74) is 0.640. The SMILES string of the molecule is CC(C)C1(CNC(=O)c2c[nH]c(=O)c3ccccc23)CC1. The first-order valence-corrected chi connectivity index (χ1v) is 7.42. The van der Waals surface area contributed by atoms with Gasteiger partial charge in [0.25, 0.3) is 11.5 Å². The number of benzene rings is 1. The predicted octanol–water partition coefficient (Wildman–Crippen LogP) is 2.69. The van der Waals surface area contributed by atoms with E-state index in [0.29, 0.717) is 28.8 Å². The van der Waals surface area contributed by atoms with Crippen molar-refractivity contribution in [3.05, 3.63) is 46.4 Å². The van der Waals surface area contributed by atoms with Crippen LogP contribution in [-0.2, 0) is 0 Å². The van der Waals surface area contributed by atoms with Gasteiger partial charge in [0, 0.05) is 23.5 Å². The molecule has 1 aliphatic carbocycles. The van der Waals surface area contributed by atoms with Crippen molar-refractivity contribution in [1.29, 1.82) is 0 Å². The van der Waals surface area contributed by atoms with Crippen LogP contribution in [0.15, 0.2) is 35.3 Å². The maximum atomic E-state index is 12.4. The topological polar surface area (TPSA) is 62.0 Å². The van der Waals surface area contributed by atoms with E-state index in [0.717, 1.165) is 0 Å². The monoisotopic (exact) mass is 284 g/mol. The van der Waals surface area contributed by atoms with Crippen molar-refractivity contribution in [3.8, 4) is 0 Å². The molecule has 0 radical (unpaired) electrons. The molecule has 1 heterocycles. The van der Waals surface area contributed by atoms with Gasteiger partial charge in [0.15, 0.2) is 0 Å². The van der Waals surface area contributed by atoms with Gasteiger partial charge in [-0.2, -0.15) is 0 Å². The number of carbonyl (C=O) groups is 1. The van der Waals surface area contributed by atoms with E-state index in [2.05, 4.69) is 24.1 Å². The molecule has 0 unspecified atom stereocenters. The zero-order chi connectivity index (χ0) is 15.0. The standard InChI is InChI=1S/C17H20N2O2/c1-11(2)17(7-8-17)10-19-16(21)14-9-18-15(20)13-6-4-3-5-12(13)14/h3-6,9,11H,7-8,10H2,1-2H3,(H,18,20)(H,19,21). The maximum Gasteiger partial charge on any atom is 0.255 e. The van der Waals surface area contributed by atoms with Crippen LogP contribution in [0.3, 0.4) is 0 Å². The average molecular weight is 284 g/mol. The normalized spacial score (nSPS) is 16.1. The molecular formula is C17H20N2O2. The Kier molecular flexibility index (Phi) is 3.32. The van der Waals surface area contributed by atoms with E-state index in [1.54, 1.807) is 12.1 Å². The van der Waals surface area contributed by atoms with Gasteiger partial charge in [-0.05, 0) is 30.2 Å². The molecule has 4 nitrogen and oxygen atoms in total. The number of aromatic nitrogens is 1. The Morgan fingerprint density at radius 2 is 1.95 bits per heavy atom. The van der Waals surface area contributed by atoms with Gasteiger partial charge in [-0.25, -0.2) is 0 Å². The van der Waals surface area contributed by atoms with Crippen LogP contribution in [0.5, 0.6) is 0 Å². The first kappa shape index (κ1) is 13.9. The lowest BCUT2D eigenvalue weighted by Gasteiger charge is -2.20. The van der Waals surface area contributed by atoms with Gasteiger partial charge in [-0.1, -0.05) is 32.0 Å². The molecule has 2 aromatic rings. The van der Waals surface area contributed by atoms with Crippen LogP contribution in [0.25, 0.3) is 10.8 Å². The van der Waals surface area contributed by atoms with Crippen molar-refractivity contribution < 1.29 is 4.79 Å². The van der Waals surface area contributed by atoms with Gasteiger partial charge < -0.3 is 10.3 Å². The quantitative estimate of drug-likeness (QED) is 0.906. The highest BCUT2D eigenvalue weighted by atomic mass is 16.1. The van der Waals surface area contributed by atoms with Gasteiger partial charge in [-0.3, -0.25) is 9.59 Å². The Morgan fingerprint density at radius 1 is 1.29 bits per heavy atom. The third-order valence-corrected chi connectivity index (χ3v) is 4.77. The molecule has 4 heteroatoms. The smallest absolute Gasteiger partial charge is 0.255 e. The number of nitrogens with one attached hydrogen (secondary N) is 2. The van der Waals surface area contributed by atoms with Crippen LogP contribution in [0, 0.1) is 11.3 Å². The molecule has 3 rings (SSSR count). The van der Waals surface area contributed by atoms with Gasteiger partial charge in [-0.15, -0.1) is 0 Å². The highest BCUT2D eigenvalue weighted by Crippen LogP contribution is 2.51. The van der Waals surface area contributed by atoms with E-state index in [1.807, 2.05) is 12.1 Å². The Hall–Kier alpha value is -2.10. The Bertz CT molecular complexity index is 742. The second-order valence-electron chi connectivity index (χ2n) is 6.28. The number of carbonyl (C=O) groups excluding carboxylic acids is 1. The largest absolute Gasteiger partial charge is 0.351 e. The molecule has 0 bridgehead atoms. The van der Waals surface area contributed by atoms with Crippen LogP contribution >= 0.6 is 0 Å². The van der Waals surface area contributed by atoms with Crippen molar-refractivity contribution in [3.63, 3.8) is 0 Å². The van der Waals surface area contributed by atoms with Crippen LogP contribution < -0.4 is 10.9 Å². The maximum absolute atomic E-state index is 12.4. The van der Waals surface area contributed by atoms with Gasteiger partial charge in [0.2, 0.25) is 0 Å². The highest BCUT2D eigenvalue weighted by molar-refractivity contribution is 6.06.